The molecule has 0 spiro atoms. The number of nitrogens with zero attached hydrogens (tertiary/aromatic N) is 4. The molecule has 2 aromatic heterocycles. The highest BCUT2D eigenvalue weighted by molar-refractivity contribution is 5.99. The maximum absolute atomic E-state index is 12.5. The fourth-order valence-corrected chi connectivity index (χ4v) is 2.17. The monoisotopic (exact) mass is 297 g/mol. The van der Waals surface area contributed by atoms with Gasteiger partial charge in [-0.15, -0.1) is 0 Å². The van der Waals surface area contributed by atoms with Crippen molar-refractivity contribution < 1.29 is 9.32 Å². The maximum Gasteiger partial charge on any atom is 0.255 e. The van der Waals surface area contributed by atoms with E-state index < -0.39 is 0 Å². The van der Waals surface area contributed by atoms with Crippen molar-refractivity contribution in [2.45, 2.75) is 13.0 Å². The van der Waals surface area contributed by atoms with Gasteiger partial charge in [-0.1, -0.05) is 35.5 Å². The Morgan fingerprint density at radius 1 is 1.32 bits per heavy atom. The highest BCUT2D eigenvalue weighted by atomic mass is 16.5. The van der Waals surface area contributed by atoms with Crippen molar-refractivity contribution in [2.75, 3.05) is 0 Å². The molecular formula is C15H15N5O2. The summed E-state index contributed by atoms with van der Waals surface area (Å²) in [6.45, 7) is 1.79. The first-order valence-electron chi connectivity index (χ1n) is 6.81. The van der Waals surface area contributed by atoms with Crippen LogP contribution in [0.1, 0.15) is 29.1 Å². The van der Waals surface area contributed by atoms with Crippen LogP contribution in [-0.2, 0) is 7.05 Å². The summed E-state index contributed by atoms with van der Waals surface area (Å²) in [5.74, 6) is 0.197. The van der Waals surface area contributed by atoms with Crippen LogP contribution in [0.4, 0.5) is 0 Å². The van der Waals surface area contributed by atoms with E-state index in [4.69, 9.17) is 4.52 Å². The minimum absolute atomic E-state index is 0.232. The van der Waals surface area contributed by atoms with Gasteiger partial charge in [0.05, 0.1) is 11.6 Å². The second kappa shape index (κ2) is 5.80. The van der Waals surface area contributed by atoms with Crippen LogP contribution in [0, 0.1) is 0 Å². The summed E-state index contributed by atoms with van der Waals surface area (Å²) in [5, 5.41) is 10.9. The van der Waals surface area contributed by atoms with Crippen LogP contribution in [-0.4, -0.2) is 25.8 Å². The van der Waals surface area contributed by atoms with Crippen LogP contribution in [0.5, 0.6) is 0 Å². The van der Waals surface area contributed by atoms with Gasteiger partial charge in [-0.3, -0.25) is 9.48 Å². The minimum atomic E-state index is -0.352. The Morgan fingerprint density at radius 2 is 2.09 bits per heavy atom. The Balaban J connectivity index is 1.87. The van der Waals surface area contributed by atoms with E-state index in [0.717, 1.165) is 5.56 Å². The molecule has 0 aliphatic carbocycles. The molecule has 0 saturated carbocycles. The lowest BCUT2D eigenvalue weighted by Gasteiger charge is -2.09. The molecule has 1 amide bonds. The molecule has 22 heavy (non-hydrogen) atoms. The molecule has 0 radical (unpaired) electrons. The first-order valence-corrected chi connectivity index (χ1v) is 6.81. The van der Waals surface area contributed by atoms with E-state index in [1.807, 2.05) is 30.3 Å². The molecule has 0 aliphatic rings. The van der Waals surface area contributed by atoms with Gasteiger partial charge in [-0.05, 0) is 6.92 Å². The molecule has 0 saturated heterocycles. The van der Waals surface area contributed by atoms with Gasteiger partial charge in [0, 0.05) is 18.8 Å². The number of carbonyl (C=O) groups is 1. The lowest BCUT2D eigenvalue weighted by Crippen LogP contribution is -2.27. The van der Waals surface area contributed by atoms with E-state index in [9.17, 15) is 4.79 Å². The zero-order valence-corrected chi connectivity index (χ0v) is 12.2. The van der Waals surface area contributed by atoms with Crippen LogP contribution in [0.15, 0.2) is 47.4 Å². The first kappa shape index (κ1) is 14.0. The summed E-state index contributed by atoms with van der Waals surface area (Å²) in [6.07, 6.45) is 2.93. The highest BCUT2D eigenvalue weighted by Crippen LogP contribution is 2.22. The number of hydrogen-bond acceptors (Lipinski definition) is 5. The first-order chi connectivity index (χ1) is 10.6. The number of rotatable bonds is 4. The second-order valence-corrected chi connectivity index (χ2v) is 4.92. The van der Waals surface area contributed by atoms with Gasteiger partial charge in [0.1, 0.15) is 5.69 Å². The van der Waals surface area contributed by atoms with Gasteiger partial charge >= 0.3 is 0 Å². The van der Waals surface area contributed by atoms with Crippen molar-refractivity contribution in [3.05, 3.63) is 54.3 Å². The third kappa shape index (κ3) is 2.73. The van der Waals surface area contributed by atoms with Gasteiger partial charge in [-0.25, -0.2) is 0 Å². The smallest absolute Gasteiger partial charge is 0.255 e. The van der Waals surface area contributed by atoms with Crippen LogP contribution >= 0.6 is 0 Å². The van der Waals surface area contributed by atoms with Gasteiger partial charge in [0.2, 0.25) is 6.39 Å². The van der Waals surface area contributed by atoms with E-state index in [-0.39, 0.29) is 11.9 Å². The minimum Gasteiger partial charge on any atom is -0.343 e. The average molecular weight is 297 g/mol. The normalized spacial score (nSPS) is 12.1. The number of carbonyl (C=O) groups excluding carboxylic acids is 1. The highest BCUT2D eigenvalue weighted by Gasteiger charge is 2.20. The van der Waals surface area contributed by atoms with Gasteiger partial charge in [0.25, 0.3) is 5.91 Å². The van der Waals surface area contributed by atoms with Gasteiger partial charge < -0.3 is 9.84 Å². The fraction of sp³-hybridized carbons (Fsp3) is 0.200. The number of aryl methyl sites for hydroxylation is 1. The Morgan fingerprint density at radius 3 is 2.77 bits per heavy atom. The lowest BCUT2D eigenvalue weighted by molar-refractivity contribution is 0.0938. The van der Waals surface area contributed by atoms with Gasteiger partial charge in [-0.2, -0.15) is 10.1 Å². The van der Waals surface area contributed by atoms with Crippen molar-refractivity contribution in [3.8, 4) is 11.3 Å². The summed E-state index contributed by atoms with van der Waals surface area (Å²) >= 11 is 0. The molecule has 3 aromatic rings. The van der Waals surface area contributed by atoms with E-state index in [1.165, 1.54) is 6.39 Å². The standard InChI is InChI=1S/C15H15N5O2/c1-10(14-16-9-22-19-14)17-15(21)12-8-20(2)18-13(12)11-6-4-3-5-7-11/h3-10H,1-2H3,(H,17,21)/t10-/m0/s1. The number of benzene rings is 1. The van der Waals surface area contributed by atoms with Crippen LogP contribution < -0.4 is 5.32 Å². The maximum atomic E-state index is 12.5. The number of hydrogen-bond donors (Lipinski definition) is 1. The Hall–Kier alpha value is -2.96. The summed E-state index contributed by atoms with van der Waals surface area (Å²) in [6, 6.07) is 9.23. The largest absolute Gasteiger partial charge is 0.343 e. The quantitative estimate of drug-likeness (QED) is 0.795. The molecule has 7 heteroatoms. The Kier molecular flexibility index (Phi) is 3.69. The summed E-state index contributed by atoms with van der Waals surface area (Å²) in [5.41, 5.74) is 2.03. The molecule has 1 N–H and O–H groups in total. The molecule has 0 bridgehead atoms. The van der Waals surface area contributed by atoms with E-state index in [1.54, 1.807) is 24.9 Å². The van der Waals surface area contributed by atoms with E-state index >= 15 is 0 Å². The summed E-state index contributed by atoms with van der Waals surface area (Å²) in [4.78, 5) is 16.4. The molecule has 0 unspecified atom stereocenters. The topological polar surface area (TPSA) is 85.8 Å². The zero-order chi connectivity index (χ0) is 15.5. The molecule has 3 rings (SSSR count). The molecule has 2 heterocycles. The summed E-state index contributed by atoms with van der Waals surface area (Å²) in [7, 11) is 1.78. The van der Waals surface area contributed by atoms with Crippen molar-refractivity contribution in [1.29, 1.82) is 0 Å². The lowest BCUT2D eigenvalue weighted by atomic mass is 10.1. The van der Waals surface area contributed by atoms with Crippen LogP contribution in [0.25, 0.3) is 11.3 Å². The molecule has 1 atom stereocenters. The SMILES string of the molecule is C[C@H](NC(=O)c1cn(C)nc1-c1ccccc1)c1ncon1. The zero-order valence-electron chi connectivity index (χ0n) is 12.2. The number of amides is 1. The fourth-order valence-electron chi connectivity index (χ4n) is 2.17. The van der Waals surface area contributed by atoms with Crippen LogP contribution in [0.2, 0.25) is 0 Å². The van der Waals surface area contributed by atoms with Crippen molar-refractivity contribution in [3.63, 3.8) is 0 Å². The molecule has 112 valence electrons. The second-order valence-electron chi connectivity index (χ2n) is 4.92. The molecule has 0 aliphatic heterocycles. The van der Waals surface area contributed by atoms with Crippen molar-refractivity contribution in [2.24, 2.45) is 7.05 Å². The third-order valence-corrected chi connectivity index (χ3v) is 3.23. The average Bonchev–Trinajstić information content (AvgIpc) is 3.17. The molecule has 1 aromatic carbocycles. The summed E-state index contributed by atoms with van der Waals surface area (Å²) < 4.78 is 6.31. The van der Waals surface area contributed by atoms with Gasteiger partial charge in [0.15, 0.2) is 5.82 Å². The van der Waals surface area contributed by atoms with Crippen molar-refractivity contribution >= 4 is 5.91 Å². The molecule has 7 nitrogen and oxygen atoms in total. The predicted molar refractivity (Wildman–Crippen MR) is 78.8 cm³/mol. The van der Waals surface area contributed by atoms with Crippen LogP contribution in [0.3, 0.4) is 0 Å². The molecule has 0 fully saturated rings. The Bertz CT molecular complexity index is 765. The van der Waals surface area contributed by atoms with E-state index in [0.29, 0.717) is 17.1 Å². The van der Waals surface area contributed by atoms with E-state index in [2.05, 4.69) is 20.6 Å². The number of aromatic nitrogens is 4. The predicted octanol–water partition coefficient (Wildman–Crippen LogP) is 1.96. The number of nitrogens with one attached hydrogen (secondary N) is 1. The third-order valence-electron chi connectivity index (χ3n) is 3.23. The van der Waals surface area contributed by atoms with Crippen molar-refractivity contribution in [1.82, 2.24) is 25.2 Å². The Labute approximate surface area is 127 Å². The molecular weight excluding hydrogens is 282 g/mol.